The van der Waals surface area contributed by atoms with E-state index in [9.17, 15) is 18.0 Å². The molecule has 0 atom stereocenters. The molecule has 0 unspecified atom stereocenters. The summed E-state index contributed by atoms with van der Waals surface area (Å²) in [5.41, 5.74) is 0.917. The predicted octanol–water partition coefficient (Wildman–Crippen LogP) is 4.75. The molecule has 3 aromatic rings. The van der Waals surface area contributed by atoms with Crippen LogP contribution in [0.1, 0.15) is 23.0 Å². The predicted molar refractivity (Wildman–Crippen MR) is 112 cm³/mol. The Morgan fingerprint density at radius 2 is 1.94 bits per heavy atom. The summed E-state index contributed by atoms with van der Waals surface area (Å²) in [5, 5.41) is 3.77. The molecule has 6 nitrogen and oxygen atoms in total. The summed E-state index contributed by atoms with van der Waals surface area (Å²) < 4.78 is 40.6. The Labute approximate surface area is 176 Å². The largest absolute Gasteiger partial charge is 0.418 e. The van der Waals surface area contributed by atoms with E-state index >= 15 is 0 Å². The van der Waals surface area contributed by atoms with Crippen LogP contribution in [0.25, 0.3) is 16.7 Å². The number of rotatable bonds is 4. The normalized spacial score (nSPS) is 14.3. The zero-order valence-electron chi connectivity index (χ0n) is 16.7. The number of carbonyl (C=O) groups is 1. The number of hydrogen-bond acceptors (Lipinski definition) is 6. The van der Waals surface area contributed by atoms with Crippen LogP contribution < -0.4 is 5.32 Å². The van der Waals surface area contributed by atoms with Gasteiger partial charge in [-0.3, -0.25) is 4.79 Å². The number of anilines is 2. The van der Waals surface area contributed by atoms with Crippen LogP contribution in [0.2, 0.25) is 0 Å². The van der Waals surface area contributed by atoms with Crippen LogP contribution in [0.3, 0.4) is 0 Å². The molecule has 31 heavy (non-hydrogen) atoms. The summed E-state index contributed by atoms with van der Waals surface area (Å²) >= 11 is 0. The van der Waals surface area contributed by atoms with Crippen molar-refractivity contribution in [2.24, 2.45) is 0 Å². The molecular formula is C22H18F3N5O. The van der Waals surface area contributed by atoms with Gasteiger partial charge in [0.1, 0.15) is 5.82 Å². The van der Waals surface area contributed by atoms with E-state index in [1.807, 2.05) is 0 Å². The van der Waals surface area contributed by atoms with Crippen molar-refractivity contribution in [3.05, 3.63) is 71.7 Å². The number of pyridine rings is 3. The number of hydrogen-bond donors (Lipinski definition) is 1. The minimum atomic E-state index is -4.49. The highest BCUT2D eigenvalue weighted by Gasteiger charge is 2.37. The minimum absolute atomic E-state index is 0.0125. The SMILES string of the molecule is CC(=O)c1ccc(Nc2ccnc3nc(C4=C(C(F)(F)F)C=CCN4C)ccc23)nc1. The van der Waals surface area contributed by atoms with E-state index < -0.39 is 11.7 Å². The van der Waals surface area contributed by atoms with Gasteiger partial charge >= 0.3 is 6.18 Å². The molecule has 0 spiro atoms. The van der Waals surface area contributed by atoms with E-state index in [1.54, 1.807) is 37.4 Å². The average Bonchev–Trinajstić information content (AvgIpc) is 2.73. The quantitative estimate of drug-likeness (QED) is 0.609. The van der Waals surface area contributed by atoms with E-state index in [0.29, 0.717) is 34.6 Å². The number of likely N-dealkylation sites (N-methyl/N-ethyl adjacent to an activating group) is 1. The lowest BCUT2D eigenvalue weighted by molar-refractivity contribution is -0.0885. The van der Waals surface area contributed by atoms with Crippen molar-refractivity contribution in [3.8, 4) is 0 Å². The van der Waals surface area contributed by atoms with Crippen LogP contribution in [-0.2, 0) is 0 Å². The molecule has 3 aromatic heterocycles. The fourth-order valence-electron chi connectivity index (χ4n) is 3.35. The number of halogens is 3. The summed E-state index contributed by atoms with van der Waals surface area (Å²) in [6.07, 6.45) is 1.06. The third-order valence-electron chi connectivity index (χ3n) is 4.88. The van der Waals surface area contributed by atoms with Crippen molar-refractivity contribution in [1.29, 1.82) is 0 Å². The highest BCUT2D eigenvalue weighted by Crippen LogP contribution is 2.37. The van der Waals surface area contributed by atoms with E-state index in [0.717, 1.165) is 6.08 Å². The lowest BCUT2D eigenvalue weighted by atomic mass is 10.0. The van der Waals surface area contributed by atoms with Gasteiger partial charge in [-0.1, -0.05) is 12.2 Å². The smallest absolute Gasteiger partial charge is 0.369 e. The fraction of sp³-hybridized carbons (Fsp3) is 0.182. The molecule has 0 bridgehead atoms. The summed E-state index contributed by atoms with van der Waals surface area (Å²) in [5.74, 6) is 0.431. The van der Waals surface area contributed by atoms with Crippen LogP contribution in [0, 0.1) is 0 Å². The number of alkyl halides is 3. The number of nitrogens with zero attached hydrogens (tertiary/aromatic N) is 4. The number of ketones is 1. The Morgan fingerprint density at radius 3 is 2.61 bits per heavy atom. The second kappa shape index (κ2) is 7.82. The van der Waals surface area contributed by atoms with Crippen LogP contribution in [0.5, 0.6) is 0 Å². The maximum atomic E-state index is 13.5. The molecule has 0 saturated carbocycles. The summed E-state index contributed by atoms with van der Waals surface area (Å²) in [4.78, 5) is 25.8. The molecule has 0 fully saturated rings. The first-order valence-corrected chi connectivity index (χ1v) is 9.43. The van der Waals surface area contributed by atoms with Gasteiger partial charge in [0.25, 0.3) is 0 Å². The summed E-state index contributed by atoms with van der Waals surface area (Å²) in [6.45, 7) is 1.81. The number of aromatic nitrogens is 3. The Bertz CT molecular complexity index is 1220. The molecule has 0 radical (unpaired) electrons. The van der Waals surface area contributed by atoms with Crippen molar-refractivity contribution in [1.82, 2.24) is 19.9 Å². The molecular weight excluding hydrogens is 407 g/mol. The molecule has 1 aliphatic rings. The van der Waals surface area contributed by atoms with Gasteiger partial charge in [-0.05, 0) is 37.3 Å². The number of fused-ring (bicyclic) bond motifs is 1. The second-order valence-corrected chi connectivity index (χ2v) is 7.08. The molecule has 0 aromatic carbocycles. The molecule has 158 valence electrons. The Balaban J connectivity index is 1.74. The standard InChI is InChI=1S/C22H18F3N5O/c1-13(31)14-5-8-19(27-12-14)28-17-9-10-26-21-15(17)6-7-18(29-21)20-16(22(23,24)25)4-3-11-30(20)2/h3-10,12H,11H2,1-2H3,(H,26,27,28,29). The Hall–Kier alpha value is -3.75. The molecule has 1 N–H and O–H groups in total. The highest BCUT2D eigenvalue weighted by molar-refractivity contribution is 5.94. The lowest BCUT2D eigenvalue weighted by Gasteiger charge is -2.27. The molecule has 4 heterocycles. The zero-order chi connectivity index (χ0) is 22.2. The Morgan fingerprint density at radius 1 is 1.13 bits per heavy atom. The zero-order valence-corrected chi connectivity index (χ0v) is 16.7. The number of allylic oxidation sites excluding steroid dienone is 2. The third kappa shape index (κ3) is 4.11. The highest BCUT2D eigenvalue weighted by atomic mass is 19.4. The van der Waals surface area contributed by atoms with Crippen molar-refractivity contribution < 1.29 is 18.0 Å². The van der Waals surface area contributed by atoms with Crippen LogP contribution >= 0.6 is 0 Å². The number of carbonyl (C=O) groups excluding carboxylic acids is 1. The van der Waals surface area contributed by atoms with Gasteiger partial charge in [0, 0.05) is 36.9 Å². The van der Waals surface area contributed by atoms with E-state index in [1.165, 1.54) is 30.3 Å². The van der Waals surface area contributed by atoms with Crippen molar-refractivity contribution in [3.63, 3.8) is 0 Å². The van der Waals surface area contributed by atoms with Gasteiger partial charge in [0.2, 0.25) is 0 Å². The van der Waals surface area contributed by atoms with Crippen molar-refractivity contribution in [2.75, 3.05) is 18.9 Å². The molecule has 1 aliphatic heterocycles. The first-order valence-electron chi connectivity index (χ1n) is 9.43. The van der Waals surface area contributed by atoms with Gasteiger partial charge in [-0.25, -0.2) is 15.0 Å². The van der Waals surface area contributed by atoms with Gasteiger partial charge in [0.15, 0.2) is 11.4 Å². The van der Waals surface area contributed by atoms with Gasteiger partial charge in [-0.2, -0.15) is 13.2 Å². The van der Waals surface area contributed by atoms with Crippen molar-refractivity contribution >= 4 is 34.0 Å². The third-order valence-corrected chi connectivity index (χ3v) is 4.88. The van der Waals surface area contributed by atoms with Crippen molar-refractivity contribution in [2.45, 2.75) is 13.1 Å². The Kier molecular flexibility index (Phi) is 5.18. The number of nitrogens with one attached hydrogen (secondary N) is 1. The maximum Gasteiger partial charge on any atom is 0.418 e. The van der Waals surface area contributed by atoms with E-state index in [4.69, 9.17) is 0 Å². The number of Topliss-reactive ketones (excluding diaryl/α,β-unsaturated/α-hetero) is 1. The summed E-state index contributed by atoms with van der Waals surface area (Å²) in [7, 11) is 1.60. The summed E-state index contributed by atoms with van der Waals surface area (Å²) in [6, 6.07) is 8.30. The maximum absolute atomic E-state index is 13.5. The van der Waals surface area contributed by atoms with Crippen LogP contribution in [-0.4, -0.2) is 45.4 Å². The first kappa shape index (κ1) is 20.5. The van der Waals surface area contributed by atoms with Gasteiger partial charge in [0.05, 0.1) is 22.7 Å². The topological polar surface area (TPSA) is 71.0 Å². The second-order valence-electron chi connectivity index (χ2n) is 7.08. The monoisotopic (exact) mass is 425 g/mol. The van der Waals surface area contributed by atoms with Gasteiger partial charge < -0.3 is 10.2 Å². The van der Waals surface area contributed by atoms with E-state index in [-0.39, 0.29) is 17.2 Å². The molecule has 0 amide bonds. The van der Waals surface area contributed by atoms with E-state index in [2.05, 4.69) is 20.3 Å². The lowest BCUT2D eigenvalue weighted by Crippen LogP contribution is -2.26. The molecule has 9 heteroatoms. The van der Waals surface area contributed by atoms with Gasteiger partial charge in [-0.15, -0.1) is 0 Å². The fourth-order valence-corrected chi connectivity index (χ4v) is 3.35. The van der Waals surface area contributed by atoms with Crippen LogP contribution in [0.4, 0.5) is 24.7 Å². The molecule has 0 aliphatic carbocycles. The van der Waals surface area contributed by atoms with Crippen LogP contribution in [0.15, 0.2) is 60.5 Å². The molecule has 0 saturated heterocycles. The average molecular weight is 425 g/mol. The minimum Gasteiger partial charge on any atom is -0.369 e. The molecule has 4 rings (SSSR count). The first-order chi connectivity index (χ1) is 14.7.